The summed E-state index contributed by atoms with van der Waals surface area (Å²) in [4.78, 5) is 35.0. The Balaban J connectivity index is 0.749. The Morgan fingerprint density at radius 3 is 1.84 bits per heavy atom. The summed E-state index contributed by atoms with van der Waals surface area (Å²) in [5.41, 5.74) is 7.01. The van der Waals surface area contributed by atoms with E-state index in [2.05, 4.69) is 43.1 Å². The summed E-state index contributed by atoms with van der Waals surface area (Å²) in [5, 5.41) is 43.7. The van der Waals surface area contributed by atoms with Gasteiger partial charge in [-0.05, 0) is 109 Å². The summed E-state index contributed by atoms with van der Waals surface area (Å²) < 4.78 is 6.61. The van der Waals surface area contributed by atoms with Crippen molar-refractivity contribution in [2.24, 2.45) is 0 Å². The standard InChI is InChI=1S/C45H38N14O2/c46-27-44(13-1-14-44)35-2-6-37(7-3-35)52-41(60)26-57-24-34(22-50-57)31-12-17-59-40(19-31)54-43(55-59)32-10-15-45(20-32,28-47)36-4-8-38(9-5-36)53-42(61)25-56-23-33(21-49-56)30-11-16-58-39(18-30)48-29-51-58/h2-9,11-12,16-19,21-24,29,32H,1,10,13-15,20,25-26H2,(H,52,60)(H,53,61). The van der Waals surface area contributed by atoms with Crippen molar-refractivity contribution in [1.29, 1.82) is 10.5 Å². The molecule has 2 unspecified atom stereocenters. The molecule has 2 aliphatic carbocycles. The molecule has 2 saturated carbocycles. The van der Waals surface area contributed by atoms with Crippen LogP contribution in [-0.2, 0) is 33.5 Å². The Kier molecular flexibility index (Phi) is 9.17. The summed E-state index contributed by atoms with van der Waals surface area (Å²) in [6.07, 6.45) is 17.1. The van der Waals surface area contributed by atoms with Crippen LogP contribution in [0, 0.1) is 22.7 Å². The smallest absolute Gasteiger partial charge is 0.246 e. The van der Waals surface area contributed by atoms with Gasteiger partial charge in [-0.15, -0.1) is 0 Å². The van der Waals surface area contributed by atoms with E-state index in [1.165, 1.54) is 6.33 Å². The molecule has 6 heterocycles. The topological polar surface area (TPSA) is 202 Å². The average molecular weight is 807 g/mol. The van der Waals surface area contributed by atoms with Crippen molar-refractivity contribution >= 4 is 34.5 Å². The zero-order chi connectivity index (χ0) is 41.6. The highest BCUT2D eigenvalue weighted by Gasteiger charge is 2.43. The highest BCUT2D eigenvalue weighted by Crippen LogP contribution is 2.48. The molecular weight excluding hydrogens is 769 g/mol. The minimum absolute atomic E-state index is 0.0113. The van der Waals surface area contributed by atoms with Crippen molar-refractivity contribution in [1.82, 2.24) is 48.8 Å². The lowest BCUT2D eigenvalue weighted by Crippen LogP contribution is -2.32. The van der Waals surface area contributed by atoms with Crippen LogP contribution in [0.3, 0.4) is 0 Å². The van der Waals surface area contributed by atoms with Crippen molar-refractivity contribution in [2.75, 3.05) is 10.6 Å². The van der Waals surface area contributed by atoms with Crippen LogP contribution < -0.4 is 10.6 Å². The van der Waals surface area contributed by atoms with E-state index in [4.69, 9.17) is 10.1 Å². The molecule has 10 rings (SSSR count). The van der Waals surface area contributed by atoms with Crippen LogP contribution in [0.4, 0.5) is 11.4 Å². The quantitative estimate of drug-likeness (QED) is 0.146. The number of amides is 2. The lowest BCUT2D eigenvalue weighted by molar-refractivity contribution is -0.117. The van der Waals surface area contributed by atoms with Crippen LogP contribution in [0.25, 0.3) is 33.5 Å². The summed E-state index contributed by atoms with van der Waals surface area (Å²) >= 11 is 0. The molecule has 2 atom stereocenters. The molecular formula is C45H38N14O2. The first kappa shape index (κ1) is 37.3. The number of pyridine rings is 2. The lowest BCUT2D eigenvalue weighted by Gasteiger charge is -2.35. The number of carbonyl (C=O) groups excluding carboxylic acids is 2. The van der Waals surface area contributed by atoms with E-state index in [9.17, 15) is 20.1 Å². The van der Waals surface area contributed by atoms with E-state index >= 15 is 0 Å². The lowest BCUT2D eigenvalue weighted by atomic mass is 9.65. The van der Waals surface area contributed by atoms with Gasteiger partial charge >= 0.3 is 0 Å². The van der Waals surface area contributed by atoms with Crippen molar-refractivity contribution in [3.63, 3.8) is 0 Å². The molecule has 16 heteroatoms. The number of nitriles is 2. The molecule has 8 aromatic rings. The number of fused-ring (bicyclic) bond motifs is 2. The molecule has 300 valence electrons. The highest BCUT2D eigenvalue weighted by molar-refractivity contribution is 5.91. The number of anilines is 2. The minimum Gasteiger partial charge on any atom is -0.324 e. The first-order valence-electron chi connectivity index (χ1n) is 20.1. The van der Waals surface area contributed by atoms with Gasteiger partial charge in [0.1, 0.15) is 19.4 Å². The van der Waals surface area contributed by atoms with Gasteiger partial charge in [-0.25, -0.2) is 19.0 Å². The fourth-order valence-electron chi connectivity index (χ4n) is 8.57. The summed E-state index contributed by atoms with van der Waals surface area (Å²) in [7, 11) is 0. The third-order valence-electron chi connectivity index (χ3n) is 12.1. The highest BCUT2D eigenvalue weighted by atomic mass is 16.2. The van der Waals surface area contributed by atoms with Gasteiger partial charge in [0.2, 0.25) is 11.8 Å². The molecule has 6 aromatic heterocycles. The van der Waals surface area contributed by atoms with Crippen LogP contribution in [0.5, 0.6) is 0 Å². The third kappa shape index (κ3) is 7.14. The summed E-state index contributed by atoms with van der Waals surface area (Å²) in [5.74, 6) is 0.251. The van der Waals surface area contributed by atoms with E-state index in [0.29, 0.717) is 35.7 Å². The zero-order valence-electron chi connectivity index (χ0n) is 32.9. The number of carbonyl (C=O) groups is 2. The van der Waals surface area contributed by atoms with Gasteiger partial charge in [-0.1, -0.05) is 24.3 Å². The number of rotatable bonds is 11. The monoisotopic (exact) mass is 806 g/mol. The van der Waals surface area contributed by atoms with Crippen LogP contribution in [0.1, 0.15) is 61.4 Å². The largest absolute Gasteiger partial charge is 0.324 e. The second kappa shape index (κ2) is 15.0. The first-order chi connectivity index (χ1) is 29.8. The average Bonchev–Trinajstić information content (AvgIpc) is 4.11. The fraction of sp³-hybridized carbons (Fsp3) is 0.244. The molecule has 2 fully saturated rings. The molecule has 16 nitrogen and oxygen atoms in total. The molecule has 0 bridgehead atoms. The van der Waals surface area contributed by atoms with Gasteiger partial charge in [0, 0.05) is 53.2 Å². The number of benzene rings is 2. The predicted octanol–water partition coefficient (Wildman–Crippen LogP) is 6.45. The first-order valence-corrected chi connectivity index (χ1v) is 20.1. The van der Waals surface area contributed by atoms with Crippen molar-refractivity contribution in [3.05, 3.63) is 133 Å². The van der Waals surface area contributed by atoms with Gasteiger partial charge in [0.15, 0.2) is 17.1 Å². The van der Waals surface area contributed by atoms with E-state index in [1.54, 1.807) is 30.8 Å². The second-order valence-electron chi connectivity index (χ2n) is 16.0. The maximum absolute atomic E-state index is 13.0. The summed E-state index contributed by atoms with van der Waals surface area (Å²) in [6.45, 7) is 0.0797. The fourth-order valence-corrected chi connectivity index (χ4v) is 8.57. The molecule has 2 N–H and O–H groups in total. The van der Waals surface area contributed by atoms with Crippen molar-refractivity contribution in [2.45, 2.75) is 68.4 Å². The number of hydrogen-bond acceptors (Lipinski definition) is 10. The molecule has 2 amide bonds. The van der Waals surface area contributed by atoms with E-state index < -0.39 is 10.8 Å². The SMILES string of the molecule is N#CC1(c2ccc(NC(=O)Cn3cc(-c4ccn5nc(C6CCC(C#N)(c7ccc(NC(=O)Cn8cc(-c9ccn%10ncnc%10c9)cn8)cc7)C6)nc5c4)cn3)cc2)CCC1. The molecule has 0 aliphatic heterocycles. The van der Waals surface area contributed by atoms with Crippen molar-refractivity contribution in [3.8, 4) is 34.4 Å². The Morgan fingerprint density at radius 1 is 0.689 bits per heavy atom. The van der Waals surface area contributed by atoms with E-state index in [-0.39, 0.29) is 30.8 Å². The van der Waals surface area contributed by atoms with Crippen LogP contribution >= 0.6 is 0 Å². The normalized spacial score (nSPS) is 18.0. The number of hydrogen-bond donors (Lipinski definition) is 2. The zero-order valence-corrected chi connectivity index (χ0v) is 32.9. The Bertz CT molecular complexity index is 3030. The molecule has 0 radical (unpaired) electrons. The van der Waals surface area contributed by atoms with Gasteiger partial charge < -0.3 is 10.6 Å². The number of nitrogens with one attached hydrogen (secondary N) is 2. The van der Waals surface area contributed by atoms with Crippen LogP contribution in [0.15, 0.2) is 116 Å². The maximum Gasteiger partial charge on any atom is 0.246 e. The third-order valence-corrected chi connectivity index (χ3v) is 12.1. The van der Waals surface area contributed by atoms with Gasteiger partial charge in [0.25, 0.3) is 0 Å². The maximum atomic E-state index is 13.0. The molecule has 2 aromatic carbocycles. The molecule has 2 aliphatic rings. The number of nitrogens with zero attached hydrogens (tertiary/aromatic N) is 12. The number of aromatic nitrogens is 10. The van der Waals surface area contributed by atoms with Crippen LogP contribution in [-0.4, -0.2) is 60.6 Å². The molecule has 0 saturated heterocycles. The van der Waals surface area contributed by atoms with Gasteiger partial charge in [0.05, 0.1) is 35.4 Å². The van der Waals surface area contributed by atoms with Crippen LogP contribution in [0.2, 0.25) is 0 Å². The molecule has 0 spiro atoms. The van der Waals surface area contributed by atoms with Gasteiger partial charge in [-0.2, -0.15) is 30.9 Å². The van der Waals surface area contributed by atoms with Crippen molar-refractivity contribution < 1.29 is 9.59 Å². The Morgan fingerprint density at radius 2 is 1.26 bits per heavy atom. The Hall–Kier alpha value is -7.98. The van der Waals surface area contributed by atoms with Gasteiger partial charge in [-0.3, -0.25) is 19.0 Å². The minimum atomic E-state index is -0.711. The Labute approximate surface area is 349 Å². The molecule has 61 heavy (non-hydrogen) atoms. The van der Waals surface area contributed by atoms with E-state index in [0.717, 1.165) is 64.7 Å². The second-order valence-corrected chi connectivity index (χ2v) is 16.0. The van der Waals surface area contributed by atoms with E-state index in [1.807, 2.05) is 97.6 Å². The summed E-state index contributed by atoms with van der Waals surface area (Å²) in [6, 6.07) is 27.8. The predicted molar refractivity (Wildman–Crippen MR) is 224 cm³/mol.